The van der Waals surface area contributed by atoms with E-state index in [-0.39, 0.29) is 18.1 Å². The van der Waals surface area contributed by atoms with Crippen LogP contribution in [0.5, 0.6) is 0 Å². The van der Waals surface area contributed by atoms with Crippen LogP contribution in [0.15, 0.2) is 9.98 Å². The lowest BCUT2D eigenvalue weighted by Crippen LogP contribution is -2.53. The molecule has 0 amide bonds. The van der Waals surface area contributed by atoms with Crippen molar-refractivity contribution in [1.29, 1.82) is 0 Å². The number of aliphatic imine (C=N–C) groups is 2. The van der Waals surface area contributed by atoms with Crippen LogP contribution in [0.3, 0.4) is 0 Å². The highest BCUT2D eigenvalue weighted by atomic mass is 16.5. The van der Waals surface area contributed by atoms with Gasteiger partial charge in [0.15, 0.2) is 0 Å². The summed E-state index contributed by atoms with van der Waals surface area (Å²) in [5, 5.41) is 3.54. The fourth-order valence-corrected chi connectivity index (χ4v) is 5.92. The molecule has 0 radical (unpaired) electrons. The second-order valence-corrected chi connectivity index (χ2v) is 8.24. The van der Waals surface area contributed by atoms with Crippen LogP contribution in [0.4, 0.5) is 0 Å². The Hall–Kier alpha value is -1.23. The number of rotatable bonds is 6. The van der Waals surface area contributed by atoms with E-state index in [9.17, 15) is 4.79 Å². The second-order valence-electron chi connectivity index (χ2n) is 8.24. The monoisotopic (exact) mass is 317 g/mol. The number of carbonyl (C=O) groups is 1. The highest BCUT2D eigenvalue weighted by Gasteiger charge is 2.50. The topological polar surface area (TPSA) is 63.0 Å². The molecule has 1 N–H and O–H groups in total. The highest BCUT2D eigenvalue weighted by molar-refractivity contribution is 5.83. The maximum atomic E-state index is 12.1. The fourth-order valence-electron chi connectivity index (χ4n) is 5.92. The Morgan fingerprint density at radius 2 is 1.91 bits per heavy atom. The van der Waals surface area contributed by atoms with Crippen molar-refractivity contribution in [2.45, 2.75) is 57.0 Å². The Balaban J connectivity index is 1.40. The molecular formula is C18H27N3O2. The molecule has 4 saturated carbocycles. The SMILES string of the molecule is COC(=O)[C@H](C[C@H]1C=NC=N1)NCC12CC3CC(CC(C3)C1)C2. The molecule has 0 aromatic carbocycles. The zero-order chi connectivity index (χ0) is 15.9. The van der Waals surface area contributed by atoms with E-state index in [2.05, 4.69) is 15.3 Å². The molecule has 1 aliphatic heterocycles. The van der Waals surface area contributed by atoms with Gasteiger partial charge in [0.25, 0.3) is 0 Å². The van der Waals surface area contributed by atoms with Gasteiger partial charge in [0.2, 0.25) is 0 Å². The average molecular weight is 317 g/mol. The molecule has 5 heteroatoms. The van der Waals surface area contributed by atoms with Crippen LogP contribution < -0.4 is 5.32 Å². The molecule has 126 valence electrons. The summed E-state index contributed by atoms with van der Waals surface area (Å²) in [7, 11) is 1.47. The molecule has 4 aliphatic carbocycles. The van der Waals surface area contributed by atoms with Crippen molar-refractivity contribution in [3.8, 4) is 0 Å². The normalized spacial score (nSPS) is 41.4. The Morgan fingerprint density at radius 1 is 1.26 bits per heavy atom. The molecule has 0 spiro atoms. The molecule has 0 saturated heterocycles. The number of nitrogens with one attached hydrogen (secondary N) is 1. The molecule has 5 aliphatic rings. The Labute approximate surface area is 138 Å². The summed E-state index contributed by atoms with van der Waals surface area (Å²) in [5.74, 6) is 2.63. The molecule has 0 aromatic heterocycles. The van der Waals surface area contributed by atoms with Crippen LogP contribution in [0, 0.1) is 23.2 Å². The molecular weight excluding hydrogens is 290 g/mol. The summed E-state index contributed by atoms with van der Waals surface area (Å²) in [6.45, 7) is 0.948. The van der Waals surface area contributed by atoms with E-state index in [1.54, 1.807) is 6.34 Å². The maximum absolute atomic E-state index is 12.1. The van der Waals surface area contributed by atoms with Crippen molar-refractivity contribution in [2.75, 3.05) is 13.7 Å². The summed E-state index contributed by atoms with van der Waals surface area (Å²) >= 11 is 0. The van der Waals surface area contributed by atoms with Gasteiger partial charge in [-0.3, -0.25) is 9.79 Å². The van der Waals surface area contributed by atoms with E-state index in [1.165, 1.54) is 45.6 Å². The lowest BCUT2D eigenvalue weighted by atomic mass is 9.49. The minimum absolute atomic E-state index is 0.00274. The van der Waals surface area contributed by atoms with Crippen LogP contribution >= 0.6 is 0 Å². The van der Waals surface area contributed by atoms with Gasteiger partial charge >= 0.3 is 5.97 Å². The first-order chi connectivity index (χ1) is 11.2. The van der Waals surface area contributed by atoms with E-state index in [1.807, 2.05) is 6.21 Å². The number of hydrogen-bond donors (Lipinski definition) is 1. The van der Waals surface area contributed by atoms with E-state index >= 15 is 0 Å². The number of hydrogen-bond acceptors (Lipinski definition) is 5. The van der Waals surface area contributed by atoms with Gasteiger partial charge in [-0.15, -0.1) is 0 Å². The highest BCUT2D eigenvalue weighted by Crippen LogP contribution is 2.59. The summed E-state index contributed by atoms with van der Waals surface area (Å²) in [4.78, 5) is 20.4. The minimum Gasteiger partial charge on any atom is -0.468 e. The van der Waals surface area contributed by atoms with Crippen molar-refractivity contribution in [3.05, 3.63) is 0 Å². The van der Waals surface area contributed by atoms with Crippen molar-refractivity contribution in [3.63, 3.8) is 0 Å². The van der Waals surface area contributed by atoms with Gasteiger partial charge in [-0.1, -0.05) is 0 Å². The summed E-state index contributed by atoms with van der Waals surface area (Å²) < 4.78 is 5.00. The Kier molecular flexibility index (Phi) is 4.00. The molecule has 5 rings (SSSR count). The van der Waals surface area contributed by atoms with Crippen molar-refractivity contribution in [2.24, 2.45) is 33.2 Å². The predicted octanol–water partition coefficient (Wildman–Crippen LogP) is 2.21. The average Bonchev–Trinajstić information content (AvgIpc) is 3.02. The van der Waals surface area contributed by atoms with Gasteiger partial charge in [0.1, 0.15) is 12.4 Å². The van der Waals surface area contributed by atoms with Crippen LogP contribution in [0.25, 0.3) is 0 Å². The molecule has 4 bridgehead atoms. The van der Waals surface area contributed by atoms with Crippen LogP contribution in [0.1, 0.15) is 44.9 Å². The van der Waals surface area contributed by atoms with Gasteiger partial charge in [-0.05, 0) is 61.7 Å². The maximum Gasteiger partial charge on any atom is 0.322 e. The number of nitrogens with zero attached hydrogens (tertiary/aromatic N) is 2. The summed E-state index contributed by atoms with van der Waals surface area (Å²) in [5.41, 5.74) is 0.425. The Bertz CT molecular complexity index is 481. The van der Waals surface area contributed by atoms with Gasteiger partial charge in [-0.25, -0.2) is 4.99 Å². The van der Waals surface area contributed by atoms with E-state index < -0.39 is 0 Å². The third-order valence-electron chi connectivity index (χ3n) is 6.43. The quantitative estimate of drug-likeness (QED) is 0.764. The lowest BCUT2D eigenvalue weighted by molar-refractivity contribution is -0.143. The van der Waals surface area contributed by atoms with Crippen LogP contribution in [-0.2, 0) is 9.53 Å². The molecule has 0 unspecified atom stereocenters. The fraction of sp³-hybridized carbons (Fsp3) is 0.833. The number of carbonyl (C=O) groups excluding carboxylic acids is 1. The van der Waals surface area contributed by atoms with Crippen molar-refractivity contribution >= 4 is 18.5 Å². The predicted molar refractivity (Wildman–Crippen MR) is 89.8 cm³/mol. The largest absolute Gasteiger partial charge is 0.468 e. The molecule has 23 heavy (non-hydrogen) atoms. The van der Waals surface area contributed by atoms with Crippen molar-refractivity contribution < 1.29 is 9.53 Å². The van der Waals surface area contributed by atoms with Gasteiger partial charge < -0.3 is 10.1 Å². The summed E-state index contributed by atoms with van der Waals surface area (Å²) in [6, 6.07) is -0.275. The van der Waals surface area contributed by atoms with Gasteiger partial charge in [-0.2, -0.15) is 0 Å². The number of methoxy groups -OCH3 is 1. The zero-order valence-electron chi connectivity index (χ0n) is 13.9. The third kappa shape index (κ3) is 3.08. The number of ether oxygens (including phenoxy) is 1. The lowest BCUT2D eigenvalue weighted by Gasteiger charge is -2.57. The van der Waals surface area contributed by atoms with Crippen LogP contribution in [0.2, 0.25) is 0 Å². The third-order valence-corrected chi connectivity index (χ3v) is 6.43. The van der Waals surface area contributed by atoms with Crippen LogP contribution in [-0.4, -0.2) is 44.3 Å². The molecule has 4 fully saturated rings. The van der Waals surface area contributed by atoms with Gasteiger partial charge in [0.05, 0.1) is 13.2 Å². The first kappa shape index (κ1) is 15.3. The van der Waals surface area contributed by atoms with E-state index in [0.717, 1.165) is 24.3 Å². The number of esters is 1. The first-order valence-corrected chi connectivity index (χ1v) is 9.02. The molecule has 2 atom stereocenters. The van der Waals surface area contributed by atoms with Crippen molar-refractivity contribution in [1.82, 2.24) is 5.32 Å². The summed E-state index contributed by atoms with van der Waals surface area (Å²) in [6.07, 6.45) is 12.4. The van der Waals surface area contributed by atoms with E-state index in [4.69, 9.17) is 4.74 Å². The molecule has 1 heterocycles. The zero-order valence-corrected chi connectivity index (χ0v) is 13.9. The second kappa shape index (κ2) is 6.00. The van der Waals surface area contributed by atoms with E-state index in [0.29, 0.717) is 11.8 Å². The Morgan fingerprint density at radius 3 is 2.43 bits per heavy atom. The molecule has 0 aromatic rings. The standard InChI is InChI=1S/C18H27N3O2/c1-23-17(22)16(5-15-9-19-11-21-15)20-10-18-6-12-2-13(7-18)4-14(3-12)8-18/h9,11-16,20H,2-8,10H2,1H3/t12?,13?,14?,15-,16-,18?/m0/s1. The minimum atomic E-state index is -0.278. The smallest absolute Gasteiger partial charge is 0.322 e. The molecule has 5 nitrogen and oxygen atoms in total. The first-order valence-electron chi connectivity index (χ1n) is 9.02. The van der Waals surface area contributed by atoms with Gasteiger partial charge in [0, 0.05) is 19.2 Å².